The van der Waals surface area contributed by atoms with Gasteiger partial charge in [-0.1, -0.05) is 6.07 Å². The van der Waals surface area contributed by atoms with E-state index >= 15 is 0 Å². The molecule has 2 aromatic rings. The minimum atomic E-state index is -0.422. The minimum Gasteiger partial charge on any atom is -0.493 e. The number of para-hydroxylation sites is 1. The van der Waals surface area contributed by atoms with Gasteiger partial charge in [-0.25, -0.2) is 0 Å². The first-order valence-corrected chi connectivity index (χ1v) is 6.94. The highest BCUT2D eigenvalue weighted by molar-refractivity contribution is 5.99. The molecule has 1 heterocycles. The normalized spacial score (nSPS) is 10.0. The Bertz CT molecular complexity index is 667. The van der Waals surface area contributed by atoms with E-state index in [2.05, 4.69) is 10.6 Å². The molecule has 23 heavy (non-hydrogen) atoms. The summed E-state index contributed by atoms with van der Waals surface area (Å²) in [6, 6.07) is 8.44. The minimum absolute atomic E-state index is 0.153. The van der Waals surface area contributed by atoms with Gasteiger partial charge in [0.15, 0.2) is 11.5 Å². The summed E-state index contributed by atoms with van der Waals surface area (Å²) in [5.41, 5.74) is 0.297. The summed E-state index contributed by atoms with van der Waals surface area (Å²) in [7, 11) is 2.94. The Morgan fingerprint density at radius 2 is 1.91 bits per heavy atom. The number of carbonyl (C=O) groups excluding carboxylic acids is 2. The summed E-state index contributed by atoms with van der Waals surface area (Å²) >= 11 is 0. The van der Waals surface area contributed by atoms with Crippen molar-refractivity contribution in [2.45, 2.75) is 6.54 Å². The van der Waals surface area contributed by atoms with Crippen molar-refractivity contribution in [2.24, 2.45) is 0 Å². The van der Waals surface area contributed by atoms with Crippen molar-refractivity contribution in [1.29, 1.82) is 0 Å². The van der Waals surface area contributed by atoms with Crippen molar-refractivity contribution in [1.82, 2.24) is 10.6 Å². The number of nitrogens with one attached hydrogen (secondary N) is 2. The zero-order valence-electron chi connectivity index (χ0n) is 12.9. The number of hydrogen-bond donors (Lipinski definition) is 2. The van der Waals surface area contributed by atoms with Gasteiger partial charge in [-0.3, -0.25) is 9.59 Å². The fourth-order valence-corrected chi connectivity index (χ4v) is 1.98. The standard InChI is InChI=1S/C16H18N2O5/c1-21-13-7-3-6-12(15(13)22-2)16(20)18-10-14(19)17-9-11-5-4-8-23-11/h3-8H,9-10H2,1-2H3,(H,17,19)(H,18,20). The topological polar surface area (TPSA) is 89.8 Å². The van der Waals surface area contributed by atoms with Crippen LogP contribution in [0, 0.1) is 0 Å². The van der Waals surface area contributed by atoms with Gasteiger partial charge in [-0.15, -0.1) is 0 Å². The van der Waals surface area contributed by atoms with E-state index in [1.807, 2.05) is 0 Å². The summed E-state index contributed by atoms with van der Waals surface area (Å²) in [4.78, 5) is 23.9. The van der Waals surface area contributed by atoms with Gasteiger partial charge < -0.3 is 24.5 Å². The van der Waals surface area contributed by atoms with Crippen LogP contribution in [0.15, 0.2) is 41.0 Å². The van der Waals surface area contributed by atoms with Crippen molar-refractivity contribution in [2.75, 3.05) is 20.8 Å². The fourth-order valence-electron chi connectivity index (χ4n) is 1.98. The number of methoxy groups -OCH3 is 2. The third kappa shape index (κ3) is 4.26. The molecule has 0 saturated heterocycles. The third-order valence-corrected chi connectivity index (χ3v) is 3.10. The number of rotatable bonds is 7. The van der Waals surface area contributed by atoms with Crippen LogP contribution in [-0.4, -0.2) is 32.6 Å². The molecule has 0 aliphatic rings. The van der Waals surface area contributed by atoms with Crippen LogP contribution in [0.2, 0.25) is 0 Å². The van der Waals surface area contributed by atoms with Crippen molar-refractivity contribution in [3.8, 4) is 11.5 Å². The summed E-state index contributed by atoms with van der Waals surface area (Å²) in [6.07, 6.45) is 1.53. The highest BCUT2D eigenvalue weighted by Gasteiger charge is 2.16. The lowest BCUT2D eigenvalue weighted by Gasteiger charge is -2.12. The molecular weight excluding hydrogens is 300 g/mol. The Hall–Kier alpha value is -2.96. The predicted octanol–water partition coefficient (Wildman–Crippen LogP) is 1.34. The molecule has 0 saturated carbocycles. The Labute approximate surface area is 133 Å². The second-order valence-corrected chi connectivity index (χ2v) is 4.58. The maximum Gasteiger partial charge on any atom is 0.255 e. The number of amides is 2. The van der Waals surface area contributed by atoms with Crippen LogP contribution >= 0.6 is 0 Å². The molecule has 1 aromatic heterocycles. The average molecular weight is 318 g/mol. The zero-order valence-corrected chi connectivity index (χ0v) is 12.9. The van der Waals surface area contributed by atoms with Crippen LogP contribution in [0.4, 0.5) is 0 Å². The van der Waals surface area contributed by atoms with E-state index in [-0.39, 0.29) is 19.0 Å². The van der Waals surface area contributed by atoms with Crippen molar-refractivity contribution >= 4 is 11.8 Å². The molecule has 0 fully saturated rings. The maximum atomic E-state index is 12.2. The largest absolute Gasteiger partial charge is 0.493 e. The molecule has 0 aliphatic heterocycles. The van der Waals surface area contributed by atoms with Crippen LogP contribution < -0.4 is 20.1 Å². The summed E-state index contributed by atoms with van der Waals surface area (Å²) < 4.78 is 15.4. The van der Waals surface area contributed by atoms with Crippen LogP contribution in [0.3, 0.4) is 0 Å². The summed E-state index contributed by atoms with van der Waals surface area (Å²) in [6.45, 7) is 0.115. The Kier molecular flexibility index (Phi) is 5.62. The maximum absolute atomic E-state index is 12.2. The van der Waals surface area contributed by atoms with E-state index in [4.69, 9.17) is 13.9 Å². The number of ether oxygens (including phenoxy) is 2. The molecule has 2 amide bonds. The monoisotopic (exact) mass is 318 g/mol. The second-order valence-electron chi connectivity index (χ2n) is 4.58. The molecule has 0 unspecified atom stereocenters. The SMILES string of the molecule is COc1cccc(C(=O)NCC(=O)NCc2ccco2)c1OC. The highest BCUT2D eigenvalue weighted by Crippen LogP contribution is 2.30. The zero-order chi connectivity index (χ0) is 16.7. The van der Waals surface area contributed by atoms with Gasteiger partial charge in [0.1, 0.15) is 5.76 Å². The molecular formula is C16H18N2O5. The van der Waals surface area contributed by atoms with Gasteiger partial charge in [0.2, 0.25) is 5.91 Å². The lowest BCUT2D eigenvalue weighted by atomic mass is 10.1. The van der Waals surface area contributed by atoms with Crippen molar-refractivity contribution in [3.63, 3.8) is 0 Å². The molecule has 2 rings (SSSR count). The van der Waals surface area contributed by atoms with Crippen molar-refractivity contribution in [3.05, 3.63) is 47.9 Å². The van der Waals surface area contributed by atoms with E-state index in [9.17, 15) is 9.59 Å². The van der Waals surface area contributed by atoms with E-state index in [1.54, 1.807) is 30.3 Å². The third-order valence-electron chi connectivity index (χ3n) is 3.10. The molecule has 1 aromatic carbocycles. The van der Waals surface area contributed by atoms with Gasteiger partial charge in [0.05, 0.1) is 39.1 Å². The van der Waals surface area contributed by atoms with Gasteiger partial charge >= 0.3 is 0 Å². The van der Waals surface area contributed by atoms with Crippen LogP contribution in [0.5, 0.6) is 11.5 Å². The van der Waals surface area contributed by atoms with Crippen LogP contribution in [-0.2, 0) is 11.3 Å². The summed E-state index contributed by atoms with van der Waals surface area (Å²) in [5.74, 6) is 0.663. The molecule has 0 spiro atoms. The molecule has 0 bridgehead atoms. The molecule has 0 atom stereocenters. The smallest absolute Gasteiger partial charge is 0.255 e. The van der Waals surface area contributed by atoms with Crippen molar-refractivity contribution < 1.29 is 23.5 Å². The van der Waals surface area contributed by atoms with Gasteiger partial charge in [-0.2, -0.15) is 0 Å². The Morgan fingerprint density at radius 1 is 1.09 bits per heavy atom. The van der Waals surface area contributed by atoms with E-state index in [0.29, 0.717) is 22.8 Å². The number of hydrogen-bond acceptors (Lipinski definition) is 5. The first kappa shape index (κ1) is 16.4. The molecule has 7 nitrogen and oxygen atoms in total. The molecule has 0 radical (unpaired) electrons. The quantitative estimate of drug-likeness (QED) is 0.804. The number of furan rings is 1. The van der Waals surface area contributed by atoms with Crippen LogP contribution in [0.1, 0.15) is 16.1 Å². The van der Waals surface area contributed by atoms with E-state index in [1.165, 1.54) is 20.5 Å². The van der Waals surface area contributed by atoms with Crippen LogP contribution in [0.25, 0.3) is 0 Å². The second kappa shape index (κ2) is 7.88. The Balaban J connectivity index is 1.90. The molecule has 7 heteroatoms. The fraction of sp³-hybridized carbons (Fsp3) is 0.250. The van der Waals surface area contributed by atoms with E-state index in [0.717, 1.165) is 0 Å². The summed E-state index contributed by atoms with van der Waals surface area (Å²) in [5, 5.41) is 5.18. The highest BCUT2D eigenvalue weighted by atomic mass is 16.5. The first-order valence-electron chi connectivity index (χ1n) is 6.94. The number of benzene rings is 1. The molecule has 2 N–H and O–H groups in total. The van der Waals surface area contributed by atoms with Gasteiger partial charge in [0.25, 0.3) is 5.91 Å². The lowest BCUT2D eigenvalue weighted by molar-refractivity contribution is -0.120. The van der Waals surface area contributed by atoms with E-state index < -0.39 is 5.91 Å². The Morgan fingerprint density at radius 3 is 2.57 bits per heavy atom. The first-order chi connectivity index (χ1) is 11.2. The lowest BCUT2D eigenvalue weighted by Crippen LogP contribution is -2.36. The number of carbonyl (C=O) groups is 2. The molecule has 0 aliphatic carbocycles. The molecule has 122 valence electrons. The predicted molar refractivity (Wildman–Crippen MR) is 82.4 cm³/mol. The van der Waals surface area contributed by atoms with Gasteiger partial charge in [-0.05, 0) is 24.3 Å². The van der Waals surface area contributed by atoms with Gasteiger partial charge in [0, 0.05) is 0 Å². The average Bonchev–Trinajstić information content (AvgIpc) is 3.10.